The molecule has 0 spiro atoms. The molecule has 1 aromatic heterocycles. The zero-order valence-electron chi connectivity index (χ0n) is 12.9. The Bertz CT molecular complexity index is 684. The number of pyridine rings is 1. The molecule has 1 aliphatic carbocycles. The third-order valence-corrected chi connectivity index (χ3v) is 4.53. The molecule has 0 saturated heterocycles. The molecule has 1 fully saturated rings. The SMILES string of the molecule is Cc1ccc(CNC(=O)[C@@H]2CCC[C@H](O)C2)c2cccnc12. The number of carbonyl (C=O) groups is 1. The largest absolute Gasteiger partial charge is 0.393 e. The number of carbonyl (C=O) groups excluding carboxylic acids is 1. The quantitative estimate of drug-likeness (QED) is 0.916. The van der Waals surface area contributed by atoms with Gasteiger partial charge in [-0.3, -0.25) is 9.78 Å². The van der Waals surface area contributed by atoms with Crippen molar-refractivity contribution in [1.82, 2.24) is 10.3 Å². The number of aryl methyl sites for hydroxylation is 1. The molecule has 0 unspecified atom stereocenters. The fourth-order valence-corrected chi connectivity index (χ4v) is 3.26. The number of hydrogen-bond acceptors (Lipinski definition) is 3. The van der Waals surface area contributed by atoms with E-state index >= 15 is 0 Å². The maximum Gasteiger partial charge on any atom is 0.223 e. The molecule has 0 bridgehead atoms. The topological polar surface area (TPSA) is 62.2 Å². The first-order valence-corrected chi connectivity index (χ1v) is 7.94. The van der Waals surface area contributed by atoms with Gasteiger partial charge in [0.2, 0.25) is 5.91 Å². The molecule has 1 heterocycles. The molecule has 0 radical (unpaired) electrons. The number of aliphatic hydroxyl groups excluding tert-OH is 1. The highest BCUT2D eigenvalue weighted by Gasteiger charge is 2.25. The minimum Gasteiger partial charge on any atom is -0.393 e. The average Bonchev–Trinajstić information content (AvgIpc) is 2.54. The zero-order chi connectivity index (χ0) is 15.5. The molecule has 0 aliphatic heterocycles. The molecule has 1 aromatic carbocycles. The molecule has 22 heavy (non-hydrogen) atoms. The molecule has 1 amide bonds. The van der Waals surface area contributed by atoms with Crippen molar-refractivity contribution in [3.8, 4) is 0 Å². The molecule has 3 rings (SSSR count). The van der Waals surface area contributed by atoms with Crippen LogP contribution in [0.15, 0.2) is 30.5 Å². The fourth-order valence-electron chi connectivity index (χ4n) is 3.26. The molecular formula is C18H22N2O2. The second kappa shape index (κ2) is 6.44. The lowest BCUT2D eigenvalue weighted by atomic mass is 9.86. The van der Waals surface area contributed by atoms with Crippen molar-refractivity contribution >= 4 is 16.8 Å². The summed E-state index contributed by atoms with van der Waals surface area (Å²) in [5.41, 5.74) is 3.21. The molecular weight excluding hydrogens is 276 g/mol. The summed E-state index contributed by atoms with van der Waals surface area (Å²) in [6, 6.07) is 8.06. The maximum absolute atomic E-state index is 12.3. The smallest absolute Gasteiger partial charge is 0.223 e. The van der Waals surface area contributed by atoms with Gasteiger partial charge in [0.1, 0.15) is 0 Å². The van der Waals surface area contributed by atoms with Crippen molar-refractivity contribution in [3.05, 3.63) is 41.6 Å². The van der Waals surface area contributed by atoms with Crippen molar-refractivity contribution in [2.24, 2.45) is 5.92 Å². The normalized spacial score (nSPS) is 21.7. The van der Waals surface area contributed by atoms with E-state index in [-0.39, 0.29) is 17.9 Å². The van der Waals surface area contributed by atoms with Crippen molar-refractivity contribution in [2.75, 3.05) is 0 Å². The number of fused-ring (bicyclic) bond motifs is 1. The molecule has 2 atom stereocenters. The Hall–Kier alpha value is -1.94. The number of aliphatic hydroxyl groups is 1. The lowest BCUT2D eigenvalue weighted by Crippen LogP contribution is -2.34. The second-order valence-corrected chi connectivity index (χ2v) is 6.18. The molecule has 1 saturated carbocycles. The first-order chi connectivity index (χ1) is 10.6. The minimum atomic E-state index is -0.325. The van der Waals surface area contributed by atoms with Gasteiger partial charge in [0.25, 0.3) is 0 Å². The van der Waals surface area contributed by atoms with E-state index < -0.39 is 0 Å². The summed E-state index contributed by atoms with van der Waals surface area (Å²) in [4.78, 5) is 16.7. The molecule has 1 aliphatic rings. The van der Waals surface area contributed by atoms with Crippen LogP contribution in [0.5, 0.6) is 0 Å². The molecule has 116 valence electrons. The monoisotopic (exact) mass is 298 g/mol. The lowest BCUT2D eigenvalue weighted by Gasteiger charge is -2.25. The van der Waals surface area contributed by atoms with Gasteiger partial charge >= 0.3 is 0 Å². The number of nitrogens with one attached hydrogen (secondary N) is 1. The molecule has 2 N–H and O–H groups in total. The van der Waals surface area contributed by atoms with Crippen molar-refractivity contribution in [3.63, 3.8) is 0 Å². The van der Waals surface area contributed by atoms with Gasteiger partial charge in [-0.05, 0) is 43.4 Å². The van der Waals surface area contributed by atoms with Gasteiger partial charge < -0.3 is 10.4 Å². The minimum absolute atomic E-state index is 0.0522. The maximum atomic E-state index is 12.3. The predicted molar refractivity (Wildman–Crippen MR) is 86.3 cm³/mol. The Labute approximate surface area is 130 Å². The lowest BCUT2D eigenvalue weighted by molar-refractivity contribution is -0.127. The number of amides is 1. The van der Waals surface area contributed by atoms with Crippen LogP contribution in [0.25, 0.3) is 10.9 Å². The van der Waals surface area contributed by atoms with E-state index in [1.54, 1.807) is 6.20 Å². The van der Waals surface area contributed by atoms with Gasteiger partial charge in [-0.25, -0.2) is 0 Å². The van der Waals surface area contributed by atoms with E-state index in [4.69, 9.17) is 0 Å². The van der Waals surface area contributed by atoms with E-state index in [0.29, 0.717) is 13.0 Å². The predicted octanol–water partition coefficient (Wildman–Crippen LogP) is 2.71. The third-order valence-electron chi connectivity index (χ3n) is 4.53. The highest BCUT2D eigenvalue weighted by molar-refractivity contribution is 5.85. The van der Waals surface area contributed by atoms with Gasteiger partial charge in [-0.1, -0.05) is 24.6 Å². The summed E-state index contributed by atoms with van der Waals surface area (Å²) in [5.74, 6) is -0.00467. The average molecular weight is 298 g/mol. The van der Waals surface area contributed by atoms with Gasteiger partial charge in [-0.15, -0.1) is 0 Å². The Kier molecular flexibility index (Phi) is 4.39. The highest BCUT2D eigenvalue weighted by atomic mass is 16.3. The van der Waals surface area contributed by atoms with Crippen LogP contribution >= 0.6 is 0 Å². The van der Waals surface area contributed by atoms with Crippen molar-refractivity contribution < 1.29 is 9.90 Å². The van der Waals surface area contributed by atoms with E-state index in [9.17, 15) is 9.90 Å². The van der Waals surface area contributed by atoms with Crippen LogP contribution in [-0.4, -0.2) is 22.1 Å². The second-order valence-electron chi connectivity index (χ2n) is 6.18. The van der Waals surface area contributed by atoms with Crippen molar-refractivity contribution in [2.45, 2.75) is 45.3 Å². The number of hydrogen-bond donors (Lipinski definition) is 2. The van der Waals surface area contributed by atoms with Gasteiger partial charge in [0.05, 0.1) is 11.6 Å². The van der Waals surface area contributed by atoms with Gasteiger partial charge in [0.15, 0.2) is 0 Å². The van der Waals surface area contributed by atoms with Crippen LogP contribution in [0.2, 0.25) is 0 Å². The summed E-state index contributed by atoms with van der Waals surface area (Å²) in [7, 11) is 0. The van der Waals surface area contributed by atoms with Crippen molar-refractivity contribution in [1.29, 1.82) is 0 Å². The summed E-state index contributed by atoms with van der Waals surface area (Å²) in [6.07, 6.45) is 4.67. The Morgan fingerprint density at radius 3 is 3.05 bits per heavy atom. The van der Waals surface area contributed by atoms with Crippen LogP contribution in [0.1, 0.15) is 36.8 Å². The third kappa shape index (κ3) is 3.12. The number of nitrogens with zero attached hydrogens (tertiary/aromatic N) is 1. The first-order valence-electron chi connectivity index (χ1n) is 7.94. The molecule has 2 aromatic rings. The number of rotatable bonds is 3. The van der Waals surface area contributed by atoms with E-state index in [1.165, 1.54) is 0 Å². The highest BCUT2D eigenvalue weighted by Crippen LogP contribution is 2.25. The van der Waals surface area contributed by atoms with E-state index in [0.717, 1.165) is 41.3 Å². The van der Waals surface area contributed by atoms with Crippen LogP contribution in [0, 0.1) is 12.8 Å². The van der Waals surface area contributed by atoms with Crippen LogP contribution in [0.4, 0.5) is 0 Å². The van der Waals surface area contributed by atoms with Gasteiger partial charge in [-0.2, -0.15) is 0 Å². The summed E-state index contributed by atoms with van der Waals surface area (Å²) in [6.45, 7) is 2.55. The van der Waals surface area contributed by atoms with E-state index in [1.807, 2.05) is 25.1 Å². The van der Waals surface area contributed by atoms with Crippen LogP contribution < -0.4 is 5.32 Å². The number of aromatic nitrogens is 1. The molecule has 4 nitrogen and oxygen atoms in total. The summed E-state index contributed by atoms with van der Waals surface area (Å²) in [5, 5.41) is 13.8. The standard InChI is InChI=1S/C18H22N2O2/c1-12-7-8-14(16-6-3-9-19-17(12)16)11-20-18(22)13-4-2-5-15(21)10-13/h3,6-9,13,15,21H,2,4-5,10-11H2,1H3,(H,20,22)/t13-,15+/m1/s1. The molecule has 4 heteroatoms. The zero-order valence-corrected chi connectivity index (χ0v) is 12.9. The Balaban J connectivity index is 1.71. The van der Waals surface area contributed by atoms with Crippen LogP contribution in [-0.2, 0) is 11.3 Å². The Morgan fingerprint density at radius 2 is 2.23 bits per heavy atom. The fraction of sp³-hybridized carbons (Fsp3) is 0.444. The Morgan fingerprint density at radius 1 is 1.36 bits per heavy atom. The summed E-state index contributed by atoms with van der Waals surface area (Å²) < 4.78 is 0. The van der Waals surface area contributed by atoms with E-state index in [2.05, 4.69) is 16.4 Å². The summed E-state index contributed by atoms with van der Waals surface area (Å²) >= 11 is 0. The first kappa shape index (κ1) is 15.0. The van der Waals surface area contributed by atoms with Gasteiger partial charge in [0, 0.05) is 24.0 Å². The number of benzene rings is 1. The van der Waals surface area contributed by atoms with Crippen LogP contribution in [0.3, 0.4) is 0 Å².